The Balaban J connectivity index is 0.00000176. The quantitative estimate of drug-likeness (QED) is 0.505. The maximum Gasteiger partial charge on any atom is 0.238 e. The molecule has 0 saturated heterocycles. The van der Waals surface area contributed by atoms with Gasteiger partial charge in [-0.3, -0.25) is 4.79 Å². The van der Waals surface area contributed by atoms with Crippen molar-refractivity contribution in [3.05, 3.63) is 46.6 Å². The molecule has 0 atom stereocenters. The molecule has 0 saturated carbocycles. The maximum absolute atomic E-state index is 12.1. The third-order valence-corrected chi connectivity index (χ3v) is 3.06. The number of aromatic hydroxyl groups is 4. The van der Waals surface area contributed by atoms with E-state index in [-0.39, 0.29) is 45.3 Å². The van der Waals surface area contributed by atoms with Crippen molar-refractivity contribution < 1.29 is 41.9 Å². The summed E-state index contributed by atoms with van der Waals surface area (Å²) in [6.07, 6.45) is 0. The minimum atomic E-state index is -0.808. The van der Waals surface area contributed by atoms with Crippen molar-refractivity contribution >= 4 is 11.0 Å². The van der Waals surface area contributed by atoms with Crippen LogP contribution in [-0.2, 0) is 17.1 Å². The van der Waals surface area contributed by atoms with Crippen molar-refractivity contribution in [2.24, 2.45) is 0 Å². The fraction of sp³-hybridized carbons (Fsp3) is 0. The van der Waals surface area contributed by atoms with Crippen molar-refractivity contribution in [3.8, 4) is 34.3 Å². The Morgan fingerprint density at radius 3 is 2.14 bits per heavy atom. The second kappa shape index (κ2) is 5.63. The summed E-state index contributed by atoms with van der Waals surface area (Å²) in [5.41, 5.74) is -0.498. The number of benzene rings is 2. The van der Waals surface area contributed by atoms with E-state index in [2.05, 4.69) is 0 Å². The minimum Gasteiger partial charge on any atom is -0.508 e. The normalized spacial score (nSPS) is 10.4. The molecule has 0 amide bonds. The summed E-state index contributed by atoms with van der Waals surface area (Å²) in [6, 6.07) is 7.82. The molecule has 0 fully saturated rings. The standard InChI is InChI=1S/C15H10O6.Fe/c16-8-3-1-7(2-4-8)15-14(20)13(19)12-10(18)5-9(17)6-11(12)21-15;/h1-6,16-18,20H;. The summed E-state index contributed by atoms with van der Waals surface area (Å²) in [4.78, 5) is 12.1. The zero-order valence-corrected chi connectivity index (χ0v) is 12.0. The molecule has 3 aromatic rings. The molecule has 1 heterocycles. The van der Waals surface area contributed by atoms with Gasteiger partial charge >= 0.3 is 0 Å². The molecule has 7 heteroatoms. The fourth-order valence-electron chi connectivity index (χ4n) is 2.08. The first-order valence-electron chi connectivity index (χ1n) is 5.98. The van der Waals surface area contributed by atoms with Gasteiger partial charge in [-0.1, -0.05) is 0 Å². The Bertz CT molecular complexity index is 899. The summed E-state index contributed by atoms with van der Waals surface area (Å²) >= 11 is 0. The first kappa shape index (κ1) is 15.8. The molecule has 0 aliphatic rings. The van der Waals surface area contributed by atoms with Crippen LogP contribution in [0.3, 0.4) is 0 Å². The average molecular weight is 342 g/mol. The zero-order chi connectivity index (χ0) is 15.1. The van der Waals surface area contributed by atoms with Gasteiger partial charge in [-0.25, -0.2) is 0 Å². The van der Waals surface area contributed by atoms with Gasteiger partial charge in [-0.2, -0.15) is 0 Å². The molecule has 4 N–H and O–H groups in total. The Morgan fingerprint density at radius 1 is 0.864 bits per heavy atom. The predicted octanol–water partition coefficient (Wildman–Crippen LogP) is 2.28. The van der Waals surface area contributed by atoms with Gasteiger partial charge in [0.1, 0.15) is 28.2 Å². The summed E-state index contributed by atoms with van der Waals surface area (Å²) in [7, 11) is 0. The van der Waals surface area contributed by atoms with E-state index in [9.17, 15) is 25.2 Å². The largest absolute Gasteiger partial charge is 0.508 e. The molecule has 0 aliphatic heterocycles. The van der Waals surface area contributed by atoms with Crippen LogP contribution in [0.4, 0.5) is 0 Å². The van der Waals surface area contributed by atoms with E-state index in [1.807, 2.05) is 0 Å². The number of hydrogen-bond acceptors (Lipinski definition) is 6. The van der Waals surface area contributed by atoms with E-state index in [1.165, 1.54) is 30.3 Å². The number of rotatable bonds is 1. The summed E-state index contributed by atoms with van der Waals surface area (Å²) in [5, 5.41) is 38.1. The van der Waals surface area contributed by atoms with Crippen LogP contribution in [0.25, 0.3) is 22.3 Å². The molecule has 22 heavy (non-hydrogen) atoms. The molecular formula is C15H10FeO6. The first-order valence-corrected chi connectivity index (χ1v) is 5.98. The van der Waals surface area contributed by atoms with E-state index in [0.717, 1.165) is 6.07 Å². The van der Waals surface area contributed by atoms with E-state index in [4.69, 9.17) is 4.42 Å². The van der Waals surface area contributed by atoms with Crippen molar-refractivity contribution in [1.29, 1.82) is 0 Å². The van der Waals surface area contributed by atoms with Gasteiger partial charge in [0.15, 0.2) is 5.76 Å². The van der Waals surface area contributed by atoms with Crippen LogP contribution in [0, 0.1) is 0 Å². The summed E-state index contributed by atoms with van der Waals surface area (Å²) < 4.78 is 5.41. The third kappa shape index (κ3) is 2.47. The van der Waals surface area contributed by atoms with Crippen molar-refractivity contribution in [2.45, 2.75) is 0 Å². The van der Waals surface area contributed by atoms with Crippen LogP contribution < -0.4 is 5.43 Å². The smallest absolute Gasteiger partial charge is 0.238 e. The van der Waals surface area contributed by atoms with Crippen LogP contribution in [0.2, 0.25) is 0 Å². The van der Waals surface area contributed by atoms with Crippen LogP contribution in [0.1, 0.15) is 0 Å². The second-order valence-corrected chi connectivity index (χ2v) is 4.49. The molecular weight excluding hydrogens is 332 g/mol. The van der Waals surface area contributed by atoms with Crippen LogP contribution in [0.15, 0.2) is 45.6 Å². The van der Waals surface area contributed by atoms with Crippen LogP contribution in [0.5, 0.6) is 23.0 Å². The van der Waals surface area contributed by atoms with Gasteiger partial charge in [0.25, 0.3) is 0 Å². The van der Waals surface area contributed by atoms with E-state index >= 15 is 0 Å². The minimum absolute atomic E-state index is 0. The zero-order valence-electron chi connectivity index (χ0n) is 10.9. The van der Waals surface area contributed by atoms with Gasteiger partial charge in [-0.15, -0.1) is 0 Å². The number of phenolic OH excluding ortho intramolecular Hbond substituents is 3. The van der Waals surface area contributed by atoms with Crippen LogP contribution in [-0.4, -0.2) is 20.4 Å². The molecule has 114 valence electrons. The molecule has 6 nitrogen and oxygen atoms in total. The predicted molar refractivity (Wildman–Crippen MR) is 74.6 cm³/mol. The van der Waals surface area contributed by atoms with Gasteiger partial charge in [0.2, 0.25) is 11.2 Å². The Hall–Kier alpha value is -2.63. The molecule has 0 aliphatic carbocycles. The van der Waals surface area contributed by atoms with E-state index in [1.54, 1.807) is 0 Å². The monoisotopic (exact) mass is 342 g/mol. The van der Waals surface area contributed by atoms with Crippen molar-refractivity contribution in [2.75, 3.05) is 0 Å². The van der Waals surface area contributed by atoms with Crippen molar-refractivity contribution in [3.63, 3.8) is 0 Å². The SMILES string of the molecule is O=c1c(O)c(-c2ccc(O)cc2)oc2cc(O)cc(O)c12.[Fe]. The molecule has 0 bridgehead atoms. The Morgan fingerprint density at radius 2 is 1.50 bits per heavy atom. The van der Waals surface area contributed by atoms with Gasteiger partial charge in [0.05, 0.1) is 0 Å². The molecule has 1 aromatic heterocycles. The van der Waals surface area contributed by atoms with E-state index in [0.29, 0.717) is 5.56 Å². The Labute approximate surface area is 134 Å². The van der Waals surface area contributed by atoms with E-state index < -0.39 is 16.9 Å². The summed E-state index contributed by atoms with van der Waals surface area (Å²) in [6.45, 7) is 0. The van der Waals surface area contributed by atoms with Gasteiger partial charge in [0, 0.05) is 34.8 Å². The molecule has 2 aromatic carbocycles. The Kier molecular flexibility index (Phi) is 4.03. The second-order valence-electron chi connectivity index (χ2n) is 4.49. The maximum atomic E-state index is 12.1. The molecule has 0 radical (unpaired) electrons. The number of phenols is 3. The fourth-order valence-corrected chi connectivity index (χ4v) is 2.08. The molecule has 0 spiro atoms. The van der Waals surface area contributed by atoms with Crippen molar-refractivity contribution in [1.82, 2.24) is 0 Å². The first-order chi connectivity index (χ1) is 9.97. The molecule has 0 unspecified atom stereocenters. The van der Waals surface area contributed by atoms with Gasteiger partial charge in [-0.05, 0) is 24.3 Å². The number of fused-ring (bicyclic) bond motifs is 1. The third-order valence-electron chi connectivity index (χ3n) is 3.06. The number of hydrogen-bond donors (Lipinski definition) is 4. The van der Waals surface area contributed by atoms with Gasteiger partial charge < -0.3 is 24.8 Å². The topological polar surface area (TPSA) is 111 Å². The summed E-state index contributed by atoms with van der Waals surface area (Å²) in [5.74, 6) is -1.50. The van der Waals surface area contributed by atoms with Crippen LogP contribution >= 0.6 is 0 Å². The molecule has 3 rings (SSSR count). The average Bonchev–Trinajstić information content (AvgIpc) is 2.43.